The summed E-state index contributed by atoms with van der Waals surface area (Å²) in [4.78, 5) is 19.1. The lowest BCUT2D eigenvalue weighted by molar-refractivity contribution is -0.661. The quantitative estimate of drug-likeness (QED) is 0.151. The van der Waals surface area contributed by atoms with Crippen LogP contribution in [0.5, 0.6) is 0 Å². The number of para-hydroxylation sites is 4. The first-order valence-electron chi connectivity index (χ1n) is 41.6. The minimum absolute atomic E-state index is 0.112. The van der Waals surface area contributed by atoms with Crippen molar-refractivity contribution in [2.45, 2.75) is 137 Å². The molecule has 12 heteroatoms. The predicted octanol–water partition coefficient (Wildman–Crippen LogP) is 25.4. The summed E-state index contributed by atoms with van der Waals surface area (Å²) in [6, 6.07) is 74.9. The minimum Gasteiger partial charge on any atom is -0.437 e. The smallest absolute Gasteiger partial charge is 0.227 e. The Morgan fingerprint density at radius 1 is 0.282 bits per heavy atom. The molecule has 12 aromatic heterocycles. The molecular formula is C105H98N8O4+4. The molecule has 0 amide bonds. The molecule has 0 aliphatic heterocycles. The Bertz CT molecular complexity index is 7380. The molecule has 2 aliphatic carbocycles. The third-order valence-corrected chi connectivity index (χ3v) is 25.2. The van der Waals surface area contributed by atoms with Crippen LogP contribution in [0.2, 0.25) is 0 Å². The molecule has 0 unspecified atom stereocenters. The Labute approximate surface area is 681 Å². The summed E-state index contributed by atoms with van der Waals surface area (Å²) >= 11 is 0. The lowest BCUT2D eigenvalue weighted by Gasteiger charge is -2.21. The normalized spacial score (nSPS) is 13.6. The van der Waals surface area contributed by atoms with Crippen LogP contribution in [-0.4, -0.2) is 19.9 Å². The number of hydrogen-bond acceptors (Lipinski definition) is 8. The molecule has 0 radical (unpaired) electrons. The molecule has 8 aromatic carbocycles. The van der Waals surface area contributed by atoms with Gasteiger partial charge in [0.05, 0.1) is 44.3 Å². The summed E-state index contributed by atoms with van der Waals surface area (Å²) in [5.74, 6) is 1.42. The van der Waals surface area contributed by atoms with Crippen molar-refractivity contribution in [3.05, 3.63) is 287 Å². The number of fused-ring (bicyclic) bond motifs is 16. The van der Waals surface area contributed by atoms with Gasteiger partial charge in [-0.3, -0.25) is 0 Å². The zero-order chi connectivity index (χ0) is 80.2. The molecule has 2 saturated carbocycles. The van der Waals surface area contributed by atoms with Crippen molar-refractivity contribution in [2.24, 2.45) is 28.2 Å². The number of nitrogens with zero attached hydrogens (tertiary/aromatic N) is 8. The first kappa shape index (κ1) is 74.3. The number of aryl methyl sites for hydroxylation is 10. The average Bonchev–Trinajstić information content (AvgIpc) is 1.62. The molecule has 0 atom stereocenters. The van der Waals surface area contributed by atoms with Gasteiger partial charge in [-0.25, -0.2) is 38.2 Å². The molecule has 0 saturated heterocycles. The summed E-state index contributed by atoms with van der Waals surface area (Å²) < 4.78 is 34.4. The molecule has 0 spiro atoms. The summed E-state index contributed by atoms with van der Waals surface area (Å²) in [5.41, 5.74) is 31.3. The summed E-state index contributed by atoms with van der Waals surface area (Å²) in [5, 5.41) is 13.3. The standard InChI is InChI=1S/C28H27N2O.C27H25N2O.C26H25N2O.C24H21N2O/c1-18-12-14-22-23-16-20-10-6-7-11-24(20)29-28(23)31-27(22)26(18)25-15-13-21(17-30(25)2)19-8-4-3-5-9-19;1-17-11-13-21-22-15-19-9-5-6-10-23(19)28-27(22)30-26(21)25(17)24-14-12-20(16-29(24)2)18-7-3-4-8-18;1-16-10-12-19-20-14-17-8-6-7-9-21(17)27-25(20)29-24(19)23(16)22-13-11-18(15-28(22)5)26(2,3)4;1-14-9-10-18-19-12-17-7-5-6-8-20(17)25-24(19)27-23(18)22(14)21-11-15(2)16(3)13-26(21)4/h6-7,10-17,19H,3-5,8-9H2,1-2H3;5-6,9-16,18H,3-4,7-8H2,1-2H3;6-15H,1-5H3;5-13H,1-4H3/q4*+1. The lowest BCUT2D eigenvalue weighted by Crippen LogP contribution is -2.33. The maximum Gasteiger partial charge on any atom is 0.227 e. The Balaban J connectivity index is 0.000000104. The van der Waals surface area contributed by atoms with Gasteiger partial charge in [-0.2, -0.15) is 0 Å². The molecule has 12 heterocycles. The second-order valence-corrected chi connectivity index (χ2v) is 34.1. The van der Waals surface area contributed by atoms with Gasteiger partial charge in [0.15, 0.2) is 47.1 Å². The molecule has 0 N–H and O–H groups in total. The highest BCUT2D eigenvalue weighted by Gasteiger charge is 2.30. The molecule has 578 valence electrons. The molecule has 2 aliphatic rings. The Hall–Kier alpha value is -12.8. The van der Waals surface area contributed by atoms with Crippen LogP contribution in [0.15, 0.2) is 255 Å². The SMILES string of the molecule is Cc1cc(-c2c(C)ccc3c2oc2nc4ccccc4cc23)[n+](C)cc1C.Cc1ccc2c(oc3nc4ccccc4cc32)c1-c1ccc(C(C)(C)C)c[n+]1C.Cc1ccc2c(oc3nc4ccccc4cc32)c1-c1ccc(C2CCCC2)c[n+]1C.Cc1ccc2c(oc3nc4ccccc4cc32)c1-c1ccc(C2CCCCC2)c[n+]1C. The third-order valence-electron chi connectivity index (χ3n) is 25.2. The maximum absolute atomic E-state index is 6.40. The first-order valence-corrected chi connectivity index (χ1v) is 41.6. The van der Waals surface area contributed by atoms with Crippen LogP contribution in [0.4, 0.5) is 0 Å². The van der Waals surface area contributed by atoms with Gasteiger partial charge in [0.1, 0.15) is 28.2 Å². The number of aromatic nitrogens is 8. The molecule has 22 rings (SSSR count). The van der Waals surface area contributed by atoms with Crippen molar-refractivity contribution in [3.8, 4) is 45.0 Å². The Morgan fingerprint density at radius 2 is 0.581 bits per heavy atom. The molecule has 0 bridgehead atoms. The van der Waals surface area contributed by atoms with Crippen LogP contribution < -0.4 is 18.3 Å². The fraction of sp³-hybridized carbons (Fsp3) is 0.238. The van der Waals surface area contributed by atoms with Gasteiger partial charge in [-0.1, -0.05) is 174 Å². The van der Waals surface area contributed by atoms with Gasteiger partial charge in [-0.15, -0.1) is 0 Å². The topological polar surface area (TPSA) is 120 Å². The van der Waals surface area contributed by atoms with Crippen molar-refractivity contribution in [1.82, 2.24) is 19.9 Å². The van der Waals surface area contributed by atoms with Gasteiger partial charge >= 0.3 is 0 Å². The van der Waals surface area contributed by atoms with Gasteiger partial charge in [0, 0.05) is 111 Å². The van der Waals surface area contributed by atoms with Crippen LogP contribution in [0.25, 0.3) is 177 Å². The van der Waals surface area contributed by atoms with Crippen molar-refractivity contribution >= 4 is 132 Å². The van der Waals surface area contributed by atoms with E-state index in [9.17, 15) is 0 Å². The largest absolute Gasteiger partial charge is 0.437 e. The minimum atomic E-state index is 0.112. The number of hydrogen-bond donors (Lipinski definition) is 0. The van der Waals surface area contributed by atoms with E-state index >= 15 is 0 Å². The van der Waals surface area contributed by atoms with Crippen molar-refractivity contribution in [2.75, 3.05) is 0 Å². The van der Waals surface area contributed by atoms with Crippen LogP contribution >= 0.6 is 0 Å². The highest BCUT2D eigenvalue weighted by molar-refractivity contribution is 6.15. The van der Waals surface area contributed by atoms with Crippen LogP contribution in [0.3, 0.4) is 0 Å². The highest BCUT2D eigenvalue weighted by atomic mass is 16.4. The maximum atomic E-state index is 6.40. The van der Waals surface area contributed by atoms with Crippen LogP contribution in [-0.2, 0) is 33.6 Å². The number of rotatable bonds is 6. The molecule has 12 nitrogen and oxygen atoms in total. The van der Waals surface area contributed by atoms with Crippen molar-refractivity contribution in [3.63, 3.8) is 0 Å². The Morgan fingerprint density at radius 3 is 0.906 bits per heavy atom. The van der Waals surface area contributed by atoms with E-state index in [1.165, 1.54) is 119 Å². The van der Waals surface area contributed by atoms with Gasteiger partial charge in [0.25, 0.3) is 0 Å². The summed E-state index contributed by atoms with van der Waals surface area (Å²) in [6.45, 7) is 19.6. The van der Waals surface area contributed by atoms with E-state index in [2.05, 4.69) is 285 Å². The second kappa shape index (κ2) is 29.8. The van der Waals surface area contributed by atoms with Crippen molar-refractivity contribution in [1.29, 1.82) is 0 Å². The molecule has 2 fully saturated rings. The van der Waals surface area contributed by atoms with Gasteiger partial charge in [0.2, 0.25) is 45.6 Å². The van der Waals surface area contributed by atoms with E-state index in [0.717, 1.165) is 143 Å². The van der Waals surface area contributed by atoms with Crippen molar-refractivity contribution < 1.29 is 35.9 Å². The number of furan rings is 4. The van der Waals surface area contributed by atoms with E-state index < -0.39 is 0 Å². The first-order chi connectivity index (χ1) is 56.7. The van der Waals surface area contributed by atoms with Gasteiger partial charge in [-0.05, 0) is 179 Å². The van der Waals surface area contributed by atoms with E-state index in [0.29, 0.717) is 34.7 Å². The third kappa shape index (κ3) is 13.6. The lowest BCUT2D eigenvalue weighted by atomic mass is 9.84. The van der Waals surface area contributed by atoms with E-state index in [4.69, 9.17) is 37.6 Å². The Kier molecular flexibility index (Phi) is 18.9. The van der Waals surface area contributed by atoms with E-state index in [1.807, 2.05) is 60.7 Å². The van der Waals surface area contributed by atoms with Crippen LogP contribution in [0, 0.1) is 41.5 Å². The summed E-state index contributed by atoms with van der Waals surface area (Å²) in [6.07, 6.45) is 21.1. The zero-order valence-corrected chi connectivity index (χ0v) is 69.2. The second-order valence-electron chi connectivity index (χ2n) is 34.1. The molecule has 117 heavy (non-hydrogen) atoms. The van der Waals surface area contributed by atoms with E-state index in [-0.39, 0.29) is 5.41 Å². The predicted molar refractivity (Wildman–Crippen MR) is 477 cm³/mol. The molecule has 20 aromatic rings. The zero-order valence-electron chi connectivity index (χ0n) is 69.2. The number of pyridine rings is 8. The average molecular weight is 1540 g/mol. The highest BCUT2D eigenvalue weighted by Crippen LogP contribution is 2.44. The fourth-order valence-electron chi connectivity index (χ4n) is 18.5. The van der Waals surface area contributed by atoms with Crippen LogP contribution in [0.1, 0.15) is 140 Å². The monoisotopic (exact) mass is 1530 g/mol. The summed E-state index contributed by atoms with van der Waals surface area (Å²) in [7, 11) is 8.52. The fourth-order valence-corrected chi connectivity index (χ4v) is 18.5. The molecular weight excluding hydrogens is 1440 g/mol. The van der Waals surface area contributed by atoms with Gasteiger partial charge < -0.3 is 17.7 Å². The van der Waals surface area contributed by atoms with E-state index in [1.54, 1.807) is 0 Å². The number of benzene rings is 8.